The summed E-state index contributed by atoms with van der Waals surface area (Å²) in [6, 6.07) is -0.495. The van der Waals surface area contributed by atoms with E-state index in [1.807, 2.05) is 6.92 Å². The number of aromatic nitrogens is 1. The summed E-state index contributed by atoms with van der Waals surface area (Å²) in [6.07, 6.45) is 2.10. The molecule has 3 atom stereocenters. The first-order chi connectivity index (χ1) is 10.5. The lowest BCUT2D eigenvalue weighted by Crippen LogP contribution is -2.72. The lowest BCUT2D eigenvalue weighted by atomic mass is 9.89. The third-order valence-corrected chi connectivity index (χ3v) is 6.96. The van der Waals surface area contributed by atoms with Gasteiger partial charge in [-0.2, -0.15) is 0 Å². The predicted octanol–water partition coefficient (Wildman–Crippen LogP) is 0.643. The van der Waals surface area contributed by atoms with Gasteiger partial charge in [0.2, 0.25) is 5.91 Å². The summed E-state index contributed by atoms with van der Waals surface area (Å²) >= 11 is 2.80. The maximum atomic E-state index is 11.8. The maximum absolute atomic E-state index is 11.8. The molecule has 1 aromatic heterocycles. The Morgan fingerprint density at radius 3 is 3.18 bits per heavy atom. The average molecular weight is 343 g/mol. The number of carbonyl (C=O) groups excluding carboxylic acids is 1. The van der Waals surface area contributed by atoms with Crippen LogP contribution in [0.25, 0.3) is 0 Å². The lowest BCUT2D eigenvalue weighted by Gasteiger charge is -2.52. The fourth-order valence-corrected chi connectivity index (χ4v) is 5.44. The standard InChI is InChI=1S/C13H17N3O4S2/c1-2-7-11(20-6-15-7)22-5-13(12(18)19)3-16-9(17)8(14)10(16)21-4-13/h6,8,10H,2-5,14H2,1H3,(H,18,19)/t8?,10-,13?/m1/s1. The summed E-state index contributed by atoms with van der Waals surface area (Å²) in [4.78, 5) is 29.3. The fourth-order valence-electron chi connectivity index (χ4n) is 2.62. The number of rotatable bonds is 5. The van der Waals surface area contributed by atoms with Crippen LogP contribution in [-0.2, 0) is 16.0 Å². The number of hydrogen-bond donors (Lipinski definition) is 2. The molecule has 2 saturated heterocycles. The van der Waals surface area contributed by atoms with Crippen molar-refractivity contribution in [3.63, 3.8) is 0 Å². The SMILES string of the molecule is CCc1ncoc1SCC1(C(=O)O)CS[C@@H]2C(N)C(=O)N2C1. The third-order valence-electron chi connectivity index (χ3n) is 4.06. The van der Waals surface area contributed by atoms with Gasteiger partial charge in [0, 0.05) is 18.1 Å². The summed E-state index contributed by atoms with van der Waals surface area (Å²) in [5, 5.41) is 10.3. The molecular weight excluding hydrogens is 326 g/mol. The summed E-state index contributed by atoms with van der Waals surface area (Å²) in [5.41, 5.74) is 5.58. The van der Waals surface area contributed by atoms with E-state index < -0.39 is 17.4 Å². The van der Waals surface area contributed by atoms with E-state index in [1.54, 1.807) is 4.90 Å². The van der Waals surface area contributed by atoms with E-state index in [0.717, 1.165) is 12.1 Å². The number of aliphatic carboxylic acids is 1. The van der Waals surface area contributed by atoms with Crippen LogP contribution in [0, 0.1) is 5.41 Å². The van der Waals surface area contributed by atoms with Crippen molar-refractivity contribution < 1.29 is 19.1 Å². The van der Waals surface area contributed by atoms with Crippen LogP contribution in [0.2, 0.25) is 0 Å². The average Bonchev–Trinajstić information content (AvgIpc) is 2.99. The largest absolute Gasteiger partial charge is 0.481 e. The maximum Gasteiger partial charge on any atom is 0.313 e. The van der Waals surface area contributed by atoms with Crippen molar-refractivity contribution in [2.45, 2.75) is 29.9 Å². The molecule has 9 heteroatoms. The minimum absolute atomic E-state index is 0.0820. The molecule has 0 aromatic carbocycles. The number of oxazole rings is 1. The van der Waals surface area contributed by atoms with Crippen LogP contribution >= 0.6 is 23.5 Å². The molecule has 3 heterocycles. The molecule has 3 rings (SSSR count). The monoisotopic (exact) mass is 343 g/mol. The molecule has 22 heavy (non-hydrogen) atoms. The van der Waals surface area contributed by atoms with E-state index in [1.165, 1.54) is 29.9 Å². The predicted molar refractivity (Wildman–Crippen MR) is 82.6 cm³/mol. The van der Waals surface area contributed by atoms with Crippen LogP contribution in [-0.4, -0.2) is 56.3 Å². The van der Waals surface area contributed by atoms with Gasteiger partial charge in [-0.15, -0.1) is 11.8 Å². The number of hydrogen-bond acceptors (Lipinski definition) is 7. The Labute approximate surface area is 136 Å². The summed E-state index contributed by atoms with van der Waals surface area (Å²) < 4.78 is 5.32. The van der Waals surface area contributed by atoms with Crippen molar-refractivity contribution >= 4 is 35.4 Å². The molecule has 3 N–H and O–H groups in total. The second kappa shape index (κ2) is 5.78. The molecule has 2 aliphatic rings. The number of fused-ring (bicyclic) bond motifs is 1. The molecule has 0 spiro atoms. The van der Waals surface area contributed by atoms with Gasteiger partial charge in [-0.25, -0.2) is 4.98 Å². The van der Waals surface area contributed by atoms with E-state index in [2.05, 4.69) is 4.98 Å². The topological polar surface area (TPSA) is 110 Å². The Balaban J connectivity index is 1.73. The minimum Gasteiger partial charge on any atom is -0.481 e. The molecule has 1 aromatic rings. The van der Waals surface area contributed by atoms with Gasteiger partial charge in [0.25, 0.3) is 0 Å². The number of carbonyl (C=O) groups is 2. The van der Waals surface area contributed by atoms with Crippen LogP contribution in [0.3, 0.4) is 0 Å². The van der Waals surface area contributed by atoms with Gasteiger partial charge in [0.05, 0.1) is 5.69 Å². The Morgan fingerprint density at radius 1 is 1.73 bits per heavy atom. The molecule has 0 saturated carbocycles. The van der Waals surface area contributed by atoms with Crippen molar-refractivity contribution in [2.24, 2.45) is 11.1 Å². The molecule has 0 aliphatic carbocycles. The van der Waals surface area contributed by atoms with Crippen molar-refractivity contribution in [2.75, 3.05) is 18.1 Å². The van der Waals surface area contributed by atoms with Crippen LogP contribution in [0.4, 0.5) is 0 Å². The number of carboxylic acids is 1. The van der Waals surface area contributed by atoms with E-state index in [9.17, 15) is 14.7 Å². The summed E-state index contributed by atoms with van der Waals surface area (Å²) in [5.74, 6) is -0.283. The first-order valence-electron chi connectivity index (χ1n) is 6.95. The molecule has 2 fully saturated rings. The van der Waals surface area contributed by atoms with Gasteiger partial charge in [-0.3, -0.25) is 9.59 Å². The van der Waals surface area contributed by atoms with Crippen molar-refractivity contribution in [3.8, 4) is 0 Å². The van der Waals surface area contributed by atoms with Crippen molar-refractivity contribution in [3.05, 3.63) is 12.1 Å². The fraction of sp³-hybridized carbons (Fsp3) is 0.615. The second-order valence-corrected chi connectivity index (χ2v) is 7.56. The smallest absolute Gasteiger partial charge is 0.313 e. The molecular formula is C13H17N3O4S2. The zero-order valence-corrected chi connectivity index (χ0v) is 13.7. The zero-order chi connectivity index (χ0) is 15.9. The van der Waals surface area contributed by atoms with E-state index in [-0.39, 0.29) is 17.8 Å². The van der Waals surface area contributed by atoms with Crippen LogP contribution in [0.1, 0.15) is 12.6 Å². The Morgan fingerprint density at radius 2 is 2.50 bits per heavy atom. The molecule has 0 bridgehead atoms. The quantitative estimate of drug-likeness (QED) is 0.592. The van der Waals surface area contributed by atoms with Crippen LogP contribution in [0.15, 0.2) is 15.9 Å². The molecule has 1 amide bonds. The van der Waals surface area contributed by atoms with Crippen LogP contribution in [0.5, 0.6) is 0 Å². The molecule has 2 unspecified atom stereocenters. The normalized spacial score (nSPS) is 30.8. The van der Waals surface area contributed by atoms with Gasteiger partial charge < -0.3 is 20.2 Å². The minimum atomic E-state index is -0.987. The summed E-state index contributed by atoms with van der Waals surface area (Å²) in [7, 11) is 0. The number of amides is 1. The molecule has 120 valence electrons. The molecule has 2 aliphatic heterocycles. The number of aryl methyl sites for hydroxylation is 1. The van der Waals surface area contributed by atoms with Gasteiger partial charge >= 0.3 is 5.97 Å². The Bertz CT molecular complexity index is 608. The zero-order valence-electron chi connectivity index (χ0n) is 12.0. The Hall–Kier alpha value is -1.19. The number of carboxylic acid groups (broad SMARTS) is 1. The van der Waals surface area contributed by atoms with E-state index >= 15 is 0 Å². The van der Waals surface area contributed by atoms with Gasteiger partial charge in [-0.1, -0.05) is 18.7 Å². The second-order valence-electron chi connectivity index (χ2n) is 5.51. The highest BCUT2D eigenvalue weighted by molar-refractivity contribution is 8.00. The Kier molecular flexibility index (Phi) is 4.13. The number of β-lactam (4-membered cyclic amide) rings is 1. The summed E-state index contributed by atoms with van der Waals surface area (Å²) in [6.45, 7) is 2.17. The van der Waals surface area contributed by atoms with Gasteiger partial charge in [-0.05, 0) is 6.42 Å². The molecule has 0 radical (unpaired) electrons. The van der Waals surface area contributed by atoms with E-state index in [0.29, 0.717) is 16.6 Å². The highest BCUT2D eigenvalue weighted by atomic mass is 32.2. The third kappa shape index (κ3) is 2.40. The van der Waals surface area contributed by atoms with Gasteiger partial charge in [0.15, 0.2) is 11.5 Å². The van der Waals surface area contributed by atoms with Crippen molar-refractivity contribution in [1.29, 1.82) is 0 Å². The van der Waals surface area contributed by atoms with Gasteiger partial charge in [0.1, 0.15) is 16.8 Å². The first kappa shape index (κ1) is 15.7. The number of nitrogens with two attached hydrogens (primary N) is 1. The molecule has 7 nitrogen and oxygen atoms in total. The van der Waals surface area contributed by atoms with Crippen molar-refractivity contribution in [1.82, 2.24) is 9.88 Å². The number of thioether (sulfide) groups is 2. The first-order valence-corrected chi connectivity index (χ1v) is 8.98. The highest BCUT2D eigenvalue weighted by Gasteiger charge is 2.55. The highest BCUT2D eigenvalue weighted by Crippen LogP contribution is 2.44. The van der Waals surface area contributed by atoms with Crippen LogP contribution < -0.4 is 5.73 Å². The number of nitrogens with zero attached hydrogens (tertiary/aromatic N) is 2. The van der Waals surface area contributed by atoms with E-state index in [4.69, 9.17) is 10.2 Å². The lowest BCUT2D eigenvalue weighted by molar-refractivity contribution is -0.155.